The Morgan fingerprint density at radius 1 is 1.23 bits per heavy atom. The zero-order valence-electron chi connectivity index (χ0n) is 15.2. The first-order valence-electron chi connectivity index (χ1n) is 8.07. The molecule has 0 heterocycles. The van der Waals surface area contributed by atoms with Crippen molar-refractivity contribution in [1.82, 2.24) is 5.32 Å². The van der Waals surface area contributed by atoms with Crippen LogP contribution in [-0.2, 0) is 11.3 Å². The summed E-state index contributed by atoms with van der Waals surface area (Å²) in [6.07, 6.45) is -0.547. The van der Waals surface area contributed by atoms with E-state index in [2.05, 4.69) is 5.32 Å². The van der Waals surface area contributed by atoms with Crippen LogP contribution in [0.1, 0.15) is 31.9 Å². The van der Waals surface area contributed by atoms with Crippen LogP contribution < -0.4 is 10.1 Å². The summed E-state index contributed by atoms with van der Waals surface area (Å²) in [5.74, 6) is 0.0825. The van der Waals surface area contributed by atoms with Gasteiger partial charge in [-0.15, -0.1) is 0 Å². The van der Waals surface area contributed by atoms with Crippen molar-refractivity contribution < 1.29 is 18.7 Å². The van der Waals surface area contributed by atoms with Gasteiger partial charge in [0.15, 0.2) is 0 Å². The minimum absolute atomic E-state index is 0.170. The maximum Gasteiger partial charge on any atom is 0.407 e. The first kappa shape index (κ1) is 19.3. The van der Waals surface area contributed by atoms with Gasteiger partial charge in [0, 0.05) is 17.7 Å². The summed E-state index contributed by atoms with van der Waals surface area (Å²) in [6, 6.07) is 11.4. The normalized spacial score (nSPS) is 10.8. The molecular formula is C20H21FN2O3. The molecule has 0 unspecified atom stereocenters. The molecule has 0 spiro atoms. The SMILES string of the molecule is COc1ccc(-c2ccc(C#N)cc2F)cc1CNC(=O)OC(C)(C)C. The van der Waals surface area contributed by atoms with Gasteiger partial charge in [-0.2, -0.15) is 5.26 Å². The minimum Gasteiger partial charge on any atom is -0.496 e. The summed E-state index contributed by atoms with van der Waals surface area (Å²) < 4.78 is 24.8. The van der Waals surface area contributed by atoms with E-state index in [1.807, 2.05) is 6.07 Å². The van der Waals surface area contributed by atoms with Gasteiger partial charge in [0.05, 0.1) is 18.7 Å². The molecule has 0 atom stereocenters. The van der Waals surface area contributed by atoms with E-state index in [0.717, 1.165) is 0 Å². The summed E-state index contributed by atoms with van der Waals surface area (Å²) >= 11 is 0. The van der Waals surface area contributed by atoms with Gasteiger partial charge in [0.2, 0.25) is 0 Å². The van der Waals surface area contributed by atoms with Crippen LogP contribution in [0.4, 0.5) is 9.18 Å². The first-order valence-corrected chi connectivity index (χ1v) is 8.07. The van der Waals surface area contributed by atoms with E-state index in [-0.39, 0.29) is 12.1 Å². The van der Waals surface area contributed by atoms with Gasteiger partial charge in [-0.1, -0.05) is 12.1 Å². The molecule has 0 fully saturated rings. The Kier molecular flexibility index (Phi) is 5.83. The molecule has 0 aliphatic rings. The van der Waals surface area contributed by atoms with E-state index < -0.39 is 17.5 Å². The molecule has 0 aliphatic heterocycles. The van der Waals surface area contributed by atoms with Crippen molar-refractivity contribution in [1.29, 1.82) is 5.26 Å². The largest absolute Gasteiger partial charge is 0.496 e. The third-order valence-electron chi connectivity index (χ3n) is 3.51. The van der Waals surface area contributed by atoms with Gasteiger partial charge in [-0.05, 0) is 50.6 Å². The number of carbonyl (C=O) groups is 1. The Bertz CT molecular complexity index is 851. The van der Waals surface area contributed by atoms with Crippen molar-refractivity contribution in [3.8, 4) is 22.9 Å². The number of nitrogens with zero attached hydrogens (tertiary/aromatic N) is 1. The fourth-order valence-corrected chi connectivity index (χ4v) is 2.38. The number of hydrogen-bond acceptors (Lipinski definition) is 4. The Hall–Kier alpha value is -3.07. The number of alkyl carbamates (subject to hydrolysis) is 1. The van der Waals surface area contributed by atoms with Crippen LogP contribution in [0.2, 0.25) is 0 Å². The maximum atomic E-state index is 14.3. The molecule has 5 nitrogen and oxygen atoms in total. The summed E-state index contributed by atoms with van der Waals surface area (Å²) in [7, 11) is 1.52. The number of benzene rings is 2. The van der Waals surface area contributed by atoms with Crippen LogP contribution >= 0.6 is 0 Å². The van der Waals surface area contributed by atoms with E-state index in [1.165, 1.54) is 13.2 Å². The van der Waals surface area contributed by atoms with E-state index in [0.29, 0.717) is 22.4 Å². The van der Waals surface area contributed by atoms with Gasteiger partial charge >= 0.3 is 6.09 Å². The van der Waals surface area contributed by atoms with Crippen LogP contribution in [-0.4, -0.2) is 18.8 Å². The number of nitriles is 1. The summed E-state index contributed by atoms with van der Waals surface area (Å²) in [6.45, 7) is 5.51. The Labute approximate surface area is 152 Å². The Balaban J connectivity index is 2.26. The molecular weight excluding hydrogens is 335 g/mol. The molecule has 6 heteroatoms. The molecule has 136 valence electrons. The van der Waals surface area contributed by atoms with Crippen LogP contribution in [0.3, 0.4) is 0 Å². The second-order valence-electron chi connectivity index (χ2n) is 6.69. The zero-order valence-corrected chi connectivity index (χ0v) is 15.2. The van der Waals surface area contributed by atoms with Crippen LogP contribution in [0.5, 0.6) is 5.75 Å². The average Bonchev–Trinajstić information content (AvgIpc) is 2.58. The van der Waals surface area contributed by atoms with Crippen molar-refractivity contribution in [2.75, 3.05) is 7.11 Å². The number of rotatable bonds is 4. The molecule has 1 N–H and O–H groups in total. The second-order valence-corrected chi connectivity index (χ2v) is 6.69. The van der Waals surface area contributed by atoms with Crippen molar-refractivity contribution in [3.63, 3.8) is 0 Å². The first-order chi connectivity index (χ1) is 12.2. The number of amides is 1. The second kappa shape index (κ2) is 7.87. The van der Waals surface area contributed by atoms with Crippen LogP contribution in [0.15, 0.2) is 36.4 Å². The van der Waals surface area contributed by atoms with Gasteiger partial charge < -0.3 is 14.8 Å². The summed E-state index contributed by atoms with van der Waals surface area (Å²) in [4.78, 5) is 11.8. The van der Waals surface area contributed by atoms with Gasteiger partial charge in [-0.25, -0.2) is 9.18 Å². The maximum absolute atomic E-state index is 14.3. The van der Waals surface area contributed by atoms with Crippen molar-refractivity contribution in [3.05, 3.63) is 53.3 Å². The smallest absolute Gasteiger partial charge is 0.407 e. The Morgan fingerprint density at radius 3 is 2.54 bits per heavy atom. The molecule has 2 aromatic carbocycles. The molecule has 2 aromatic rings. The number of methoxy groups -OCH3 is 1. The number of ether oxygens (including phenoxy) is 2. The predicted octanol–water partition coefficient (Wildman–Crippen LogP) is 4.40. The van der Waals surface area contributed by atoms with Gasteiger partial charge in [-0.3, -0.25) is 0 Å². The number of nitrogens with one attached hydrogen (secondary N) is 1. The lowest BCUT2D eigenvalue weighted by Crippen LogP contribution is -2.32. The average molecular weight is 356 g/mol. The molecule has 1 amide bonds. The zero-order chi connectivity index (χ0) is 19.3. The third kappa shape index (κ3) is 4.96. The molecule has 0 radical (unpaired) electrons. The lowest BCUT2D eigenvalue weighted by molar-refractivity contribution is 0.0523. The van der Waals surface area contributed by atoms with E-state index in [1.54, 1.807) is 51.1 Å². The van der Waals surface area contributed by atoms with Gasteiger partial charge in [0.1, 0.15) is 17.2 Å². The molecule has 2 rings (SSSR count). The van der Waals surface area contributed by atoms with Crippen LogP contribution in [0, 0.1) is 17.1 Å². The summed E-state index contributed by atoms with van der Waals surface area (Å²) in [5.41, 5.74) is 1.33. The van der Waals surface area contributed by atoms with E-state index in [9.17, 15) is 9.18 Å². The molecule has 0 aromatic heterocycles. The molecule has 0 aliphatic carbocycles. The molecule has 0 bridgehead atoms. The fourth-order valence-electron chi connectivity index (χ4n) is 2.38. The van der Waals surface area contributed by atoms with Crippen LogP contribution in [0.25, 0.3) is 11.1 Å². The molecule has 0 saturated carbocycles. The number of halogens is 1. The monoisotopic (exact) mass is 356 g/mol. The van der Waals surface area contributed by atoms with E-state index in [4.69, 9.17) is 14.7 Å². The molecule has 26 heavy (non-hydrogen) atoms. The number of hydrogen-bond donors (Lipinski definition) is 1. The predicted molar refractivity (Wildman–Crippen MR) is 96.2 cm³/mol. The highest BCUT2D eigenvalue weighted by Gasteiger charge is 2.17. The lowest BCUT2D eigenvalue weighted by Gasteiger charge is -2.20. The quantitative estimate of drug-likeness (QED) is 0.881. The lowest BCUT2D eigenvalue weighted by atomic mass is 10.0. The Morgan fingerprint density at radius 2 is 1.96 bits per heavy atom. The minimum atomic E-state index is -0.596. The standard InChI is InChI=1S/C20H21FN2O3/c1-20(2,3)26-19(24)23-12-15-10-14(6-8-18(15)25-4)16-7-5-13(11-22)9-17(16)21/h5-10H,12H2,1-4H3,(H,23,24). The highest BCUT2D eigenvalue weighted by Crippen LogP contribution is 2.29. The van der Waals surface area contributed by atoms with Gasteiger partial charge in [0.25, 0.3) is 0 Å². The highest BCUT2D eigenvalue weighted by molar-refractivity contribution is 5.69. The number of carbonyl (C=O) groups excluding carboxylic acids is 1. The van der Waals surface area contributed by atoms with Crippen molar-refractivity contribution in [2.45, 2.75) is 32.9 Å². The third-order valence-corrected chi connectivity index (χ3v) is 3.51. The molecule has 0 saturated heterocycles. The fraction of sp³-hybridized carbons (Fsp3) is 0.300. The van der Waals surface area contributed by atoms with E-state index >= 15 is 0 Å². The van der Waals surface area contributed by atoms with Crippen molar-refractivity contribution in [2.24, 2.45) is 0 Å². The highest BCUT2D eigenvalue weighted by atomic mass is 19.1. The topological polar surface area (TPSA) is 71.3 Å². The van der Waals surface area contributed by atoms with Crippen molar-refractivity contribution >= 4 is 6.09 Å². The summed E-state index contributed by atoms with van der Waals surface area (Å²) in [5, 5.41) is 11.5.